The summed E-state index contributed by atoms with van der Waals surface area (Å²) in [6.07, 6.45) is 2.87. The van der Waals surface area contributed by atoms with Gasteiger partial charge in [0.15, 0.2) is 0 Å². The second-order valence-corrected chi connectivity index (χ2v) is 7.93. The van der Waals surface area contributed by atoms with Crippen LogP contribution in [0, 0.1) is 11.8 Å². The van der Waals surface area contributed by atoms with E-state index in [0.29, 0.717) is 26.1 Å². The van der Waals surface area contributed by atoms with E-state index in [-0.39, 0.29) is 23.5 Å². The SMILES string of the molecule is COc1ccc(CCCC(=O)[C@@H]2CNC[C@H]2C(=O)NCCc2ccc(OC)cc2)cc1. The van der Waals surface area contributed by atoms with Crippen molar-refractivity contribution in [1.29, 1.82) is 0 Å². The highest BCUT2D eigenvalue weighted by molar-refractivity contribution is 5.89. The minimum atomic E-state index is -0.288. The molecule has 3 rings (SSSR count). The number of hydrogen-bond donors (Lipinski definition) is 2. The summed E-state index contributed by atoms with van der Waals surface area (Å²) in [7, 11) is 3.29. The highest BCUT2D eigenvalue weighted by Gasteiger charge is 2.36. The van der Waals surface area contributed by atoms with Gasteiger partial charge in [0, 0.05) is 32.0 Å². The predicted molar refractivity (Wildman–Crippen MR) is 120 cm³/mol. The number of rotatable bonds is 11. The maximum absolute atomic E-state index is 12.8. The van der Waals surface area contributed by atoms with Crippen molar-refractivity contribution < 1.29 is 19.1 Å². The van der Waals surface area contributed by atoms with Gasteiger partial charge in [-0.05, 0) is 54.7 Å². The van der Waals surface area contributed by atoms with Gasteiger partial charge in [0.05, 0.1) is 20.1 Å². The normalized spacial score (nSPS) is 17.9. The van der Waals surface area contributed by atoms with Crippen LogP contribution in [-0.4, -0.2) is 45.5 Å². The van der Waals surface area contributed by atoms with Crippen molar-refractivity contribution in [2.24, 2.45) is 11.8 Å². The molecule has 0 unspecified atom stereocenters. The topological polar surface area (TPSA) is 76.7 Å². The van der Waals surface area contributed by atoms with Crippen LogP contribution in [0.15, 0.2) is 48.5 Å². The number of amides is 1. The van der Waals surface area contributed by atoms with E-state index in [2.05, 4.69) is 10.6 Å². The zero-order valence-corrected chi connectivity index (χ0v) is 18.4. The maximum Gasteiger partial charge on any atom is 0.225 e. The Morgan fingerprint density at radius 1 is 0.871 bits per heavy atom. The lowest BCUT2D eigenvalue weighted by Crippen LogP contribution is -2.38. The van der Waals surface area contributed by atoms with Crippen LogP contribution < -0.4 is 20.1 Å². The van der Waals surface area contributed by atoms with Crippen LogP contribution in [-0.2, 0) is 22.4 Å². The Balaban J connectivity index is 1.41. The van der Waals surface area contributed by atoms with Crippen LogP contribution in [0.25, 0.3) is 0 Å². The van der Waals surface area contributed by atoms with Crippen LogP contribution in [0.3, 0.4) is 0 Å². The summed E-state index contributed by atoms with van der Waals surface area (Å²) < 4.78 is 10.3. The number of hydrogen-bond acceptors (Lipinski definition) is 5. The first-order chi connectivity index (χ1) is 15.1. The lowest BCUT2D eigenvalue weighted by molar-refractivity contribution is -0.131. The summed E-state index contributed by atoms with van der Waals surface area (Å²) in [5.41, 5.74) is 2.32. The smallest absolute Gasteiger partial charge is 0.225 e. The lowest BCUT2D eigenvalue weighted by atomic mass is 9.88. The van der Waals surface area contributed by atoms with Gasteiger partial charge in [0.25, 0.3) is 0 Å². The Hall–Kier alpha value is -2.86. The number of methoxy groups -OCH3 is 2. The fraction of sp³-hybridized carbons (Fsp3) is 0.440. The van der Waals surface area contributed by atoms with E-state index in [1.54, 1.807) is 14.2 Å². The number of carbonyl (C=O) groups excluding carboxylic acids is 2. The average Bonchev–Trinajstić information content (AvgIpc) is 3.30. The number of aryl methyl sites for hydroxylation is 1. The van der Waals surface area contributed by atoms with Crippen LogP contribution in [0.2, 0.25) is 0 Å². The summed E-state index contributed by atoms with van der Waals surface area (Å²) in [6.45, 7) is 1.70. The zero-order chi connectivity index (χ0) is 22.1. The number of ketones is 1. The van der Waals surface area contributed by atoms with Crippen molar-refractivity contribution >= 4 is 11.7 Å². The van der Waals surface area contributed by atoms with Gasteiger partial charge in [-0.1, -0.05) is 24.3 Å². The molecule has 6 heteroatoms. The molecule has 0 radical (unpaired) electrons. The first kappa shape index (κ1) is 22.8. The average molecular weight is 425 g/mol. The molecule has 0 spiro atoms. The molecule has 2 atom stereocenters. The van der Waals surface area contributed by atoms with Crippen molar-refractivity contribution in [3.05, 3.63) is 59.7 Å². The molecule has 1 amide bonds. The quantitative estimate of drug-likeness (QED) is 0.580. The van der Waals surface area contributed by atoms with E-state index in [4.69, 9.17) is 9.47 Å². The molecule has 0 aliphatic carbocycles. The van der Waals surface area contributed by atoms with Gasteiger partial charge in [0.2, 0.25) is 5.91 Å². The molecule has 0 aromatic heterocycles. The minimum Gasteiger partial charge on any atom is -0.497 e. The van der Waals surface area contributed by atoms with Gasteiger partial charge in [-0.2, -0.15) is 0 Å². The molecule has 1 saturated heterocycles. The molecular weight excluding hydrogens is 392 g/mol. The van der Waals surface area contributed by atoms with Gasteiger partial charge < -0.3 is 20.1 Å². The van der Waals surface area contributed by atoms with Crippen molar-refractivity contribution in [2.75, 3.05) is 33.9 Å². The van der Waals surface area contributed by atoms with E-state index in [9.17, 15) is 9.59 Å². The fourth-order valence-electron chi connectivity index (χ4n) is 3.99. The number of Topliss-reactive ketones (excluding diaryl/α,β-unsaturated/α-hetero) is 1. The lowest BCUT2D eigenvalue weighted by Gasteiger charge is -2.17. The summed E-state index contributed by atoms with van der Waals surface area (Å²) in [5, 5.41) is 6.22. The van der Waals surface area contributed by atoms with Crippen LogP contribution >= 0.6 is 0 Å². The molecule has 31 heavy (non-hydrogen) atoms. The molecule has 2 aromatic carbocycles. The Labute approximate surface area is 184 Å². The predicted octanol–water partition coefficient (Wildman–Crippen LogP) is 2.79. The third-order valence-corrected chi connectivity index (χ3v) is 5.88. The van der Waals surface area contributed by atoms with Gasteiger partial charge in [-0.25, -0.2) is 0 Å². The van der Waals surface area contributed by atoms with Crippen molar-refractivity contribution in [3.63, 3.8) is 0 Å². The molecule has 6 nitrogen and oxygen atoms in total. The highest BCUT2D eigenvalue weighted by atomic mass is 16.5. The molecular formula is C25H32N2O4. The number of benzene rings is 2. The summed E-state index contributed by atoms with van der Waals surface area (Å²) >= 11 is 0. The molecule has 1 aliphatic rings. The third-order valence-electron chi connectivity index (χ3n) is 5.88. The number of ether oxygens (including phenoxy) is 2. The van der Waals surface area contributed by atoms with Crippen LogP contribution in [0.5, 0.6) is 11.5 Å². The standard InChI is InChI=1S/C25H32N2O4/c1-30-20-10-6-18(7-11-20)4-3-5-24(28)22-16-26-17-23(22)25(29)27-15-14-19-8-12-21(31-2)13-9-19/h6-13,22-23,26H,3-5,14-17H2,1-2H3,(H,27,29)/t22-,23-/m1/s1. The van der Waals surface area contributed by atoms with Gasteiger partial charge in [0.1, 0.15) is 17.3 Å². The molecule has 166 valence electrons. The summed E-state index contributed by atoms with van der Waals surface area (Å²) in [6, 6.07) is 15.7. The van der Waals surface area contributed by atoms with Crippen molar-refractivity contribution in [3.8, 4) is 11.5 Å². The Morgan fingerprint density at radius 2 is 1.42 bits per heavy atom. The summed E-state index contributed by atoms with van der Waals surface area (Å²) in [4.78, 5) is 25.4. The number of carbonyl (C=O) groups is 2. The van der Waals surface area contributed by atoms with Gasteiger partial charge >= 0.3 is 0 Å². The van der Waals surface area contributed by atoms with E-state index in [1.165, 1.54) is 5.56 Å². The second-order valence-electron chi connectivity index (χ2n) is 7.93. The molecule has 1 aliphatic heterocycles. The van der Waals surface area contributed by atoms with Crippen molar-refractivity contribution in [2.45, 2.75) is 25.7 Å². The van der Waals surface area contributed by atoms with Crippen LogP contribution in [0.1, 0.15) is 24.0 Å². The van der Waals surface area contributed by atoms with Gasteiger partial charge in [-0.15, -0.1) is 0 Å². The van der Waals surface area contributed by atoms with E-state index in [0.717, 1.165) is 36.3 Å². The largest absolute Gasteiger partial charge is 0.497 e. The summed E-state index contributed by atoms with van der Waals surface area (Å²) in [5.74, 6) is 1.26. The molecule has 2 N–H and O–H groups in total. The molecule has 0 bridgehead atoms. The molecule has 1 fully saturated rings. The van der Waals surface area contributed by atoms with E-state index < -0.39 is 0 Å². The first-order valence-corrected chi connectivity index (χ1v) is 10.9. The fourth-order valence-corrected chi connectivity index (χ4v) is 3.99. The van der Waals surface area contributed by atoms with E-state index >= 15 is 0 Å². The maximum atomic E-state index is 12.8. The third kappa shape index (κ3) is 6.56. The Kier molecular flexibility index (Phi) is 8.47. The van der Waals surface area contributed by atoms with Gasteiger partial charge in [-0.3, -0.25) is 9.59 Å². The molecule has 1 heterocycles. The van der Waals surface area contributed by atoms with Crippen LogP contribution in [0.4, 0.5) is 0 Å². The monoisotopic (exact) mass is 424 g/mol. The van der Waals surface area contributed by atoms with Crippen molar-refractivity contribution in [1.82, 2.24) is 10.6 Å². The highest BCUT2D eigenvalue weighted by Crippen LogP contribution is 2.21. The Morgan fingerprint density at radius 3 is 2.00 bits per heavy atom. The molecule has 2 aromatic rings. The Bertz CT molecular complexity index is 777. The first-order valence-electron chi connectivity index (χ1n) is 10.9. The number of nitrogens with one attached hydrogen (secondary N) is 2. The second kappa shape index (κ2) is 11.5. The van der Waals surface area contributed by atoms with E-state index in [1.807, 2.05) is 48.5 Å². The zero-order valence-electron chi connectivity index (χ0n) is 18.4. The molecule has 0 saturated carbocycles. The minimum absolute atomic E-state index is 0.0352.